The topological polar surface area (TPSA) is 47.4 Å². The maximum Gasteiger partial charge on any atom is 0.350 e. The van der Waals surface area contributed by atoms with Gasteiger partial charge >= 0.3 is 5.69 Å². The molecule has 2 aliphatic heterocycles. The van der Waals surface area contributed by atoms with Crippen LogP contribution in [0.2, 0.25) is 5.15 Å². The van der Waals surface area contributed by atoms with Crippen LogP contribution in [0.3, 0.4) is 0 Å². The molecular weight excluding hydrogens is 206 g/mol. The minimum atomic E-state index is -0.276. The van der Waals surface area contributed by atoms with Gasteiger partial charge < -0.3 is 9.64 Å². The van der Waals surface area contributed by atoms with Crippen molar-refractivity contribution in [2.75, 3.05) is 18.2 Å². The summed E-state index contributed by atoms with van der Waals surface area (Å²) in [6.07, 6.45) is 0. The van der Waals surface area contributed by atoms with Gasteiger partial charge in [0.1, 0.15) is 17.7 Å². The number of nitrogens with zero attached hydrogens (tertiary/aromatic N) is 3. The van der Waals surface area contributed by atoms with E-state index in [1.165, 1.54) is 0 Å². The fourth-order valence-electron chi connectivity index (χ4n) is 1.97. The highest BCUT2D eigenvalue weighted by Gasteiger charge is 2.34. The molecule has 3 heterocycles. The quantitative estimate of drug-likeness (QED) is 0.573. The fourth-order valence-corrected chi connectivity index (χ4v) is 2.14. The van der Waals surface area contributed by atoms with Crippen molar-refractivity contribution in [3.05, 3.63) is 21.7 Å². The SMILES string of the molecule is O=c1nc(Cl)cc2n1CC1COCN21. The van der Waals surface area contributed by atoms with Gasteiger partial charge in [0, 0.05) is 6.07 Å². The van der Waals surface area contributed by atoms with Gasteiger partial charge in [-0.05, 0) is 0 Å². The highest BCUT2D eigenvalue weighted by molar-refractivity contribution is 6.29. The molecule has 1 aromatic rings. The average Bonchev–Trinajstić information content (AvgIpc) is 2.65. The lowest BCUT2D eigenvalue weighted by molar-refractivity contribution is 0.189. The summed E-state index contributed by atoms with van der Waals surface area (Å²) in [5.74, 6) is 0.817. The van der Waals surface area contributed by atoms with Gasteiger partial charge in [-0.1, -0.05) is 11.6 Å². The van der Waals surface area contributed by atoms with E-state index in [2.05, 4.69) is 4.98 Å². The molecule has 1 fully saturated rings. The molecule has 0 N–H and O–H groups in total. The molecule has 1 aromatic heterocycles. The molecule has 0 amide bonds. The van der Waals surface area contributed by atoms with Crippen LogP contribution in [0.25, 0.3) is 0 Å². The summed E-state index contributed by atoms with van der Waals surface area (Å²) in [4.78, 5) is 17.2. The number of aromatic nitrogens is 2. The van der Waals surface area contributed by atoms with Crippen LogP contribution in [-0.4, -0.2) is 28.9 Å². The van der Waals surface area contributed by atoms with Gasteiger partial charge in [0.2, 0.25) is 0 Å². The van der Waals surface area contributed by atoms with Crippen molar-refractivity contribution in [1.29, 1.82) is 0 Å². The highest BCUT2D eigenvalue weighted by Crippen LogP contribution is 2.28. The van der Waals surface area contributed by atoms with Gasteiger partial charge in [-0.2, -0.15) is 4.98 Å². The van der Waals surface area contributed by atoms with Crippen molar-refractivity contribution >= 4 is 17.4 Å². The molecule has 14 heavy (non-hydrogen) atoms. The first-order valence-corrected chi connectivity index (χ1v) is 4.75. The van der Waals surface area contributed by atoms with Crippen LogP contribution in [0.4, 0.5) is 5.82 Å². The van der Waals surface area contributed by atoms with E-state index in [-0.39, 0.29) is 16.9 Å². The lowest BCUT2D eigenvalue weighted by Crippen LogP contribution is -2.26. The van der Waals surface area contributed by atoms with E-state index in [1.54, 1.807) is 10.6 Å². The second-order valence-electron chi connectivity index (χ2n) is 3.45. The van der Waals surface area contributed by atoms with Crippen LogP contribution < -0.4 is 10.6 Å². The number of ether oxygens (including phenoxy) is 1. The van der Waals surface area contributed by atoms with Crippen molar-refractivity contribution < 1.29 is 4.74 Å². The van der Waals surface area contributed by atoms with Gasteiger partial charge in [-0.25, -0.2) is 4.79 Å². The molecule has 0 bridgehead atoms. The molecule has 0 spiro atoms. The molecule has 1 saturated heterocycles. The number of rotatable bonds is 0. The van der Waals surface area contributed by atoms with Gasteiger partial charge in [0.05, 0.1) is 19.2 Å². The van der Waals surface area contributed by atoms with Crippen LogP contribution in [0.1, 0.15) is 0 Å². The Morgan fingerprint density at radius 1 is 1.64 bits per heavy atom. The van der Waals surface area contributed by atoms with Crippen LogP contribution in [0.15, 0.2) is 10.9 Å². The number of fused-ring (bicyclic) bond motifs is 3. The van der Waals surface area contributed by atoms with Crippen molar-refractivity contribution in [3.8, 4) is 0 Å². The van der Waals surface area contributed by atoms with E-state index >= 15 is 0 Å². The fraction of sp³-hybridized carbons (Fsp3) is 0.500. The van der Waals surface area contributed by atoms with Crippen molar-refractivity contribution in [2.45, 2.75) is 12.6 Å². The Labute approximate surface area is 84.9 Å². The predicted octanol–water partition coefficient (Wildman–Crippen LogP) is 0.0730. The number of hydrogen-bond donors (Lipinski definition) is 0. The third kappa shape index (κ3) is 0.994. The van der Waals surface area contributed by atoms with E-state index < -0.39 is 0 Å². The van der Waals surface area contributed by atoms with Gasteiger partial charge in [0.15, 0.2) is 0 Å². The van der Waals surface area contributed by atoms with Crippen molar-refractivity contribution in [1.82, 2.24) is 9.55 Å². The van der Waals surface area contributed by atoms with E-state index in [9.17, 15) is 4.79 Å². The molecule has 0 saturated carbocycles. The molecule has 0 aromatic carbocycles. The summed E-state index contributed by atoms with van der Waals surface area (Å²) < 4.78 is 6.93. The zero-order valence-corrected chi connectivity index (χ0v) is 8.07. The van der Waals surface area contributed by atoms with Crippen LogP contribution in [0.5, 0.6) is 0 Å². The smallest absolute Gasteiger partial charge is 0.350 e. The summed E-state index contributed by atoms with van der Waals surface area (Å²) >= 11 is 5.73. The Bertz CT molecular complexity index is 445. The number of hydrogen-bond acceptors (Lipinski definition) is 4. The first-order chi connectivity index (χ1) is 6.75. The van der Waals surface area contributed by atoms with E-state index in [1.807, 2.05) is 4.90 Å². The first-order valence-electron chi connectivity index (χ1n) is 4.37. The van der Waals surface area contributed by atoms with E-state index in [4.69, 9.17) is 16.3 Å². The highest BCUT2D eigenvalue weighted by atomic mass is 35.5. The molecule has 0 aliphatic carbocycles. The average molecular weight is 214 g/mol. The second kappa shape index (κ2) is 2.71. The Kier molecular flexibility index (Phi) is 1.60. The third-order valence-corrected chi connectivity index (χ3v) is 2.82. The Morgan fingerprint density at radius 3 is 3.36 bits per heavy atom. The Balaban J connectivity index is 2.19. The molecule has 1 atom stereocenters. The lowest BCUT2D eigenvalue weighted by atomic mass is 10.3. The molecule has 5 nitrogen and oxygen atoms in total. The molecular formula is C8H8ClN3O2. The Morgan fingerprint density at radius 2 is 2.50 bits per heavy atom. The standard InChI is InChI=1S/C8H8ClN3O2/c9-6-1-7-11(8(13)10-6)2-5-3-14-4-12(5)7/h1,5H,2-4H2. The summed E-state index contributed by atoms with van der Waals surface area (Å²) in [5.41, 5.74) is -0.276. The third-order valence-electron chi connectivity index (χ3n) is 2.63. The lowest BCUT2D eigenvalue weighted by Gasteiger charge is -2.13. The van der Waals surface area contributed by atoms with Gasteiger partial charge in [0.25, 0.3) is 0 Å². The Hall–Kier alpha value is -1.07. The summed E-state index contributed by atoms with van der Waals surface area (Å²) in [6.45, 7) is 1.85. The van der Waals surface area contributed by atoms with Crippen molar-refractivity contribution in [3.63, 3.8) is 0 Å². The van der Waals surface area contributed by atoms with Gasteiger partial charge in [-0.15, -0.1) is 0 Å². The van der Waals surface area contributed by atoms with E-state index in [0.717, 1.165) is 5.82 Å². The minimum absolute atomic E-state index is 0.244. The molecule has 3 rings (SSSR count). The maximum absolute atomic E-state index is 11.5. The molecule has 74 valence electrons. The monoisotopic (exact) mass is 213 g/mol. The first kappa shape index (κ1) is 8.26. The van der Waals surface area contributed by atoms with Crippen LogP contribution in [0, 0.1) is 0 Å². The summed E-state index contributed by atoms with van der Waals surface area (Å²) in [7, 11) is 0. The number of anilines is 1. The van der Waals surface area contributed by atoms with Gasteiger partial charge in [-0.3, -0.25) is 4.57 Å². The molecule has 0 radical (unpaired) electrons. The van der Waals surface area contributed by atoms with E-state index in [0.29, 0.717) is 19.9 Å². The van der Waals surface area contributed by atoms with Crippen LogP contribution >= 0.6 is 11.6 Å². The van der Waals surface area contributed by atoms with Crippen LogP contribution in [-0.2, 0) is 11.3 Å². The molecule has 1 unspecified atom stereocenters. The summed E-state index contributed by atoms with van der Waals surface area (Å²) in [6, 6.07) is 1.97. The second-order valence-corrected chi connectivity index (χ2v) is 3.84. The zero-order chi connectivity index (χ0) is 9.71. The largest absolute Gasteiger partial charge is 0.359 e. The predicted molar refractivity (Wildman–Crippen MR) is 50.6 cm³/mol. The maximum atomic E-state index is 11.5. The summed E-state index contributed by atoms with van der Waals surface area (Å²) in [5, 5.41) is 0.244. The minimum Gasteiger partial charge on any atom is -0.359 e. The van der Waals surface area contributed by atoms with Crippen molar-refractivity contribution in [2.24, 2.45) is 0 Å². The normalized spacial score (nSPS) is 23.8. The molecule has 6 heteroatoms. The molecule has 2 aliphatic rings. The number of halogens is 1. The zero-order valence-electron chi connectivity index (χ0n) is 7.31.